The fourth-order valence-corrected chi connectivity index (χ4v) is 1.54. The van der Waals surface area contributed by atoms with Crippen LogP contribution in [0.15, 0.2) is 0 Å². The Balaban J connectivity index is 2.24. The summed E-state index contributed by atoms with van der Waals surface area (Å²) in [5.74, 6) is 2.62. The number of ether oxygens (including phenoxy) is 1. The zero-order valence-electron chi connectivity index (χ0n) is 7.91. The maximum Gasteiger partial charge on any atom is 0.0644 e. The molecule has 1 aliphatic rings. The first-order valence-electron chi connectivity index (χ1n) is 4.74. The van der Waals surface area contributed by atoms with Crippen LogP contribution in [-0.4, -0.2) is 49.0 Å². The Morgan fingerprint density at radius 1 is 1.62 bits per heavy atom. The average molecular weight is 183 g/mol. The van der Waals surface area contributed by atoms with Crippen molar-refractivity contribution in [3.8, 4) is 12.3 Å². The van der Waals surface area contributed by atoms with E-state index in [1.54, 1.807) is 0 Å². The van der Waals surface area contributed by atoms with Crippen LogP contribution < -0.4 is 0 Å². The van der Waals surface area contributed by atoms with E-state index in [1.807, 2.05) is 0 Å². The molecule has 0 aromatic rings. The first kappa shape index (κ1) is 10.5. The lowest BCUT2D eigenvalue weighted by Crippen LogP contribution is -2.47. The van der Waals surface area contributed by atoms with Crippen LogP contribution in [0.1, 0.15) is 12.8 Å². The van der Waals surface area contributed by atoms with E-state index in [4.69, 9.17) is 16.3 Å². The monoisotopic (exact) mass is 183 g/mol. The molecule has 1 aliphatic heterocycles. The molecule has 1 fully saturated rings. The summed E-state index contributed by atoms with van der Waals surface area (Å²) in [5, 5.41) is 9.06. The number of hydrogen-bond acceptors (Lipinski definition) is 3. The van der Waals surface area contributed by atoms with Crippen LogP contribution in [0.4, 0.5) is 0 Å². The highest BCUT2D eigenvalue weighted by atomic mass is 16.5. The van der Waals surface area contributed by atoms with Crippen molar-refractivity contribution in [1.82, 2.24) is 4.90 Å². The van der Waals surface area contributed by atoms with Crippen molar-refractivity contribution in [2.24, 2.45) is 0 Å². The van der Waals surface area contributed by atoms with Crippen LogP contribution in [0.5, 0.6) is 0 Å². The maximum atomic E-state index is 9.06. The third kappa shape index (κ3) is 3.35. The third-order valence-corrected chi connectivity index (χ3v) is 2.33. The Morgan fingerprint density at radius 3 is 3.15 bits per heavy atom. The molecule has 1 unspecified atom stereocenters. The third-order valence-electron chi connectivity index (χ3n) is 2.33. The molecule has 74 valence electrons. The van der Waals surface area contributed by atoms with Gasteiger partial charge in [-0.3, -0.25) is 4.90 Å². The summed E-state index contributed by atoms with van der Waals surface area (Å²) in [6, 6.07) is 0.173. The second-order valence-corrected chi connectivity index (χ2v) is 3.25. The predicted molar refractivity (Wildman–Crippen MR) is 51.3 cm³/mol. The van der Waals surface area contributed by atoms with Gasteiger partial charge >= 0.3 is 0 Å². The molecule has 0 amide bonds. The van der Waals surface area contributed by atoms with Crippen LogP contribution in [-0.2, 0) is 4.74 Å². The Morgan fingerprint density at radius 2 is 2.46 bits per heavy atom. The standard InChI is InChI=1S/C10H17NO2/c1-2-3-4-5-11-6-7-13-9-10(11)8-12/h1,10,12H,3-9H2. The fraction of sp³-hybridized carbons (Fsp3) is 0.800. The van der Waals surface area contributed by atoms with E-state index in [0.717, 1.165) is 32.5 Å². The van der Waals surface area contributed by atoms with Gasteiger partial charge in [0.1, 0.15) is 0 Å². The van der Waals surface area contributed by atoms with Crippen molar-refractivity contribution < 1.29 is 9.84 Å². The number of hydrogen-bond donors (Lipinski definition) is 1. The number of nitrogens with zero attached hydrogens (tertiary/aromatic N) is 1. The molecule has 1 N–H and O–H groups in total. The normalized spacial score (nSPS) is 24.2. The largest absolute Gasteiger partial charge is 0.395 e. The van der Waals surface area contributed by atoms with Gasteiger partial charge in [0, 0.05) is 13.0 Å². The zero-order valence-corrected chi connectivity index (χ0v) is 7.91. The van der Waals surface area contributed by atoms with Gasteiger partial charge in [0.05, 0.1) is 25.9 Å². The highest BCUT2D eigenvalue weighted by Crippen LogP contribution is 2.07. The van der Waals surface area contributed by atoms with Gasteiger partial charge < -0.3 is 9.84 Å². The van der Waals surface area contributed by atoms with E-state index >= 15 is 0 Å². The number of unbranched alkanes of at least 4 members (excludes halogenated alkanes) is 1. The van der Waals surface area contributed by atoms with Gasteiger partial charge in [-0.2, -0.15) is 0 Å². The van der Waals surface area contributed by atoms with Crippen LogP contribution >= 0.6 is 0 Å². The van der Waals surface area contributed by atoms with Crippen molar-refractivity contribution in [1.29, 1.82) is 0 Å². The van der Waals surface area contributed by atoms with Gasteiger partial charge in [-0.05, 0) is 13.0 Å². The molecule has 3 nitrogen and oxygen atoms in total. The lowest BCUT2D eigenvalue weighted by atomic mass is 10.2. The summed E-state index contributed by atoms with van der Waals surface area (Å²) in [5.41, 5.74) is 0. The van der Waals surface area contributed by atoms with Crippen LogP contribution in [0.2, 0.25) is 0 Å². The number of aliphatic hydroxyl groups excluding tert-OH is 1. The van der Waals surface area contributed by atoms with Crippen LogP contribution in [0.25, 0.3) is 0 Å². The lowest BCUT2D eigenvalue weighted by molar-refractivity contribution is -0.0274. The molecule has 1 atom stereocenters. The second-order valence-electron chi connectivity index (χ2n) is 3.25. The maximum absolute atomic E-state index is 9.06. The molecule has 0 spiro atoms. The molecular weight excluding hydrogens is 166 g/mol. The van der Waals surface area contributed by atoms with E-state index < -0.39 is 0 Å². The van der Waals surface area contributed by atoms with Gasteiger partial charge in [0.25, 0.3) is 0 Å². The first-order valence-corrected chi connectivity index (χ1v) is 4.74. The highest BCUT2D eigenvalue weighted by Gasteiger charge is 2.20. The number of terminal acetylenes is 1. The van der Waals surface area contributed by atoms with Crippen LogP contribution in [0, 0.1) is 12.3 Å². The van der Waals surface area contributed by atoms with Gasteiger partial charge in [0.15, 0.2) is 0 Å². The van der Waals surface area contributed by atoms with E-state index in [2.05, 4.69) is 10.8 Å². The van der Waals surface area contributed by atoms with Gasteiger partial charge in [-0.1, -0.05) is 0 Å². The SMILES string of the molecule is C#CCCCN1CCOCC1CO. The molecule has 1 saturated heterocycles. The Kier molecular flexibility index (Phi) is 4.84. The number of rotatable bonds is 4. The van der Waals surface area contributed by atoms with Crippen molar-refractivity contribution >= 4 is 0 Å². The topological polar surface area (TPSA) is 32.7 Å². The van der Waals surface area contributed by atoms with Crippen molar-refractivity contribution in [2.75, 3.05) is 32.9 Å². The van der Waals surface area contributed by atoms with Gasteiger partial charge in [-0.15, -0.1) is 12.3 Å². The Bertz CT molecular complexity index is 176. The minimum Gasteiger partial charge on any atom is -0.395 e. The summed E-state index contributed by atoms with van der Waals surface area (Å²) in [6.45, 7) is 3.48. The number of morpholine rings is 1. The summed E-state index contributed by atoms with van der Waals surface area (Å²) in [7, 11) is 0. The first-order chi connectivity index (χ1) is 6.38. The molecule has 13 heavy (non-hydrogen) atoms. The minimum absolute atomic E-state index is 0.173. The van der Waals surface area contributed by atoms with E-state index in [-0.39, 0.29) is 12.6 Å². The molecule has 1 heterocycles. The zero-order chi connectivity index (χ0) is 9.52. The van der Waals surface area contributed by atoms with Crippen molar-refractivity contribution in [2.45, 2.75) is 18.9 Å². The molecule has 0 aliphatic carbocycles. The summed E-state index contributed by atoms with van der Waals surface area (Å²) in [6.07, 6.45) is 6.99. The lowest BCUT2D eigenvalue weighted by Gasteiger charge is -2.34. The predicted octanol–water partition coefficient (Wildman–Crippen LogP) is 0.0929. The summed E-state index contributed by atoms with van der Waals surface area (Å²) < 4.78 is 5.27. The minimum atomic E-state index is 0.173. The van der Waals surface area contributed by atoms with E-state index in [1.165, 1.54) is 0 Å². The van der Waals surface area contributed by atoms with E-state index in [9.17, 15) is 0 Å². The highest BCUT2D eigenvalue weighted by molar-refractivity contribution is 4.84. The second kappa shape index (κ2) is 5.98. The van der Waals surface area contributed by atoms with Gasteiger partial charge in [0.2, 0.25) is 0 Å². The van der Waals surface area contributed by atoms with Crippen LogP contribution in [0.3, 0.4) is 0 Å². The quantitative estimate of drug-likeness (QED) is 0.495. The Labute approximate surface area is 79.7 Å². The molecule has 1 rings (SSSR count). The molecular formula is C10H17NO2. The van der Waals surface area contributed by atoms with Crippen molar-refractivity contribution in [3.05, 3.63) is 0 Å². The molecule has 0 aromatic carbocycles. The average Bonchev–Trinajstić information content (AvgIpc) is 2.19. The number of aliphatic hydroxyl groups is 1. The Hall–Kier alpha value is -0.560. The van der Waals surface area contributed by atoms with E-state index in [0.29, 0.717) is 6.61 Å². The van der Waals surface area contributed by atoms with Gasteiger partial charge in [-0.25, -0.2) is 0 Å². The molecule has 0 radical (unpaired) electrons. The summed E-state index contributed by atoms with van der Waals surface area (Å²) in [4.78, 5) is 2.25. The molecule has 0 bridgehead atoms. The smallest absolute Gasteiger partial charge is 0.0644 e. The fourth-order valence-electron chi connectivity index (χ4n) is 1.54. The van der Waals surface area contributed by atoms with Crippen molar-refractivity contribution in [3.63, 3.8) is 0 Å². The summed E-state index contributed by atoms with van der Waals surface area (Å²) >= 11 is 0. The molecule has 0 saturated carbocycles. The molecule has 0 aromatic heterocycles. The molecule has 3 heteroatoms.